The third-order valence-electron chi connectivity index (χ3n) is 12.7. The summed E-state index contributed by atoms with van der Waals surface area (Å²) in [6, 6.07) is 1.70. The molecule has 4 aliphatic rings. The van der Waals surface area contributed by atoms with Gasteiger partial charge in [-0.25, -0.2) is 4.79 Å². The number of methoxy groups -OCH3 is 1. The number of aromatic hydroxyl groups is 3. The molecule has 3 amide bonds. The second kappa shape index (κ2) is 19.6. The highest BCUT2D eigenvalue weighted by Crippen LogP contribution is 2.57. The number of aliphatic carboxylic acids is 1. The third kappa shape index (κ3) is 9.57. The standard InChI is InChI=1S/C47H55N3O21/c1-15-9-22-29(36(58)26(15)42(62)49-16(2)43(63)64)28-20(12-21-30(37(28)59)33(55)19-10-18(66-8)11-23(51)27(19)32(21)54)34(56)40(22)69-45-39(61)41(70-44-38(60)35(57)24(52)14-67-44)31(17(3)68-45)50(7)25(53)13-48-46(65)71-47(4,5)6/h9-12,16-17,24,31,34-35,38-41,44-45,51-52,56-61H,13-14H2,1-8H3,(H,48,65)(H,49,62)(H,63,64)/t16-,17-,24-,31+,34+,35+,38-,39-,40+,41+,44+,45+/m1/s1. The summed E-state index contributed by atoms with van der Waals surface area (Å²) in [7, 11) is 2.53. The Balaban J connectivity index is 1.33. The number of ketones is 2. The lowest BCUT2D eigenvalue weighted by Crippen LogP contribution is -2.67. The number of nitrogens with zero attached hydrogens (tertiary/aromatic N) is 1. The number of benzene rings is 3. The Kier molecular flexibility index (Phi) is 14.5. The predicted octanol–water partition coefficient (Wildman–Crippen LogP) is 0.152. The van der Waals surface area contributed by atoms with Crippen LogP contribution in [-0.2, 0) is 33.3 Å². The second-order valence-electron chi connectivity index (χ2n) is 18.7. The monoisotopic (exact) mass is 997 g/mol. The zero-order chi connectivity index (χ0) is 52.5. The van der Waals surface area contributed by atoms with Crippen LogP contribution in [0.3, 0.4) is 0 Å². The molecule has 12 atom stereocenters. The molecule has 0 spiro atoms. The number of aryl methyl sites for hydroxylation is 1. The number of nitrogens with one attached hydrogen (secondary N) is 2. The van der Waals surface area contributed by atoms with E-state index in [1.165, 1.54) is 34.1 Å². The summed E-state index contributed by atoms with van der Waals surface area (Å²) in [5.41, 5.74) is -4.92. The van der Waals surface area contributed by atoms with Crippen molar-refractivity contribution in [3.63, 3.8) is 0 Å². The SMILES string of the molecule is COc1cc(O)c2c(c1)C(=O)c1c(cc3c(c1O)-c1c(cc(C)c(C(=O)N[C@H](C)C(=O)O)c1O)[C@H](O[C@@H]1O[C@H](C)[C@H](N(C)C(=O)CNC(=O)OC(C)(C)C)[C@H](O[C@@H]4OC[C@@H](O)[C@H](O)[C@H]4O)[C@H]1O)[C@H]3O)C2=O. The van der Waals surface area contributed by atoms with Gasteiger partial charge in [0.2, 0.25) is 5.91 Å². The summed E-state index contributed by atoms with van der Waals surface area (Å²) in [6.07, 6.45) is -18.7. The molecule has 2 saturated heterocycles. The number of phenolic OH excluding ortho intramolecular Hbond substituents is 3. The second-order valence-corrected chi connectivity index (χ2v) is 18.7. The average molecular weight is 998 g/mol. The lowest BCUT2D eigenvalue weighted by molar-refractivity contribution is -0.345. The van der Waals surface area contributed by atoms with Crippen LogP contribution in [0.15, 0.2) is 24.3 Å². The number of carbonyl (C=O) groups excluding carboxylic acids is 5. The highest BCUT2D eigenvalue weighted by atomic mass is 16.7. The van der Waals surface area contributed by atoms with Crippen LogP contribution in [0.4, 0.5) is 4.79 Å². The molecule has 0 unspecified atom stereocenters. The molecule has 71 heavy (non-hydrogen) atoms. The van der Waals surface area contributed by atoms with Crippen molar-refractivity contribution < 1.29 is 103 Å². The van der Waals surface area contributed by atoms with Crippen molar-refractivity contribution in [3.05, 3.63) is 68.8 Å². The van der Waals surface area contributed by atoms with E-state index >= 15 is 0 Å². The maximum atomic E-state index is 14.2. The Morgan fingerprint density at radius 2 is 1.48 bits per heavy atom. The number of hydrogen-bond acceptors (Lipinski definition) is 20. The summed E-state index contributed by atoms with van der Waals surface area (Å²) in [6.45, 7) is 7.60. The number of carboxylic acids is 1. The molecule has 0 aromatic heterocycles. The van der Waals surface area contributed by atoms with Gasteiger partial charge in [-0.15, -0.1) is 0 Å². The van der Waals surface area contributed by atoms with Crippen molar-refractivity contribution >= 4 is 35.4 Å². The maximum absolute atomic E-state index is 14.2. The zero-order valence-corrected chi connectivity index (χ0v) is 39.5. The largest absolute Gasteiger partial charge is 0.507 e. The first-order chi connectivity index (χ1) is 33.2. The molecule has 2 heterocycles. The number of hydrogen-bond donors (Lipinski definition) is 11. The number of fused-ring (bicyclic) bond motifs is 5. The molecule has 384 valence electrons. The van der Waals surface area contributed by atoms with Gasteiger partial charge in [0, 0.05) is 35.4 Å². The van der Waals surface area contributed by atoms with Gasteiger partial charge in [0.25, 0.3) is 5.91 Å². The van der Waals surface area contributed by atoms with Gasteiger partial charge in [-0.2, -0.15) is 0 Å². The van der Waals surface area contributed by atoms with Crippen molar-refractivity contribution in [2.24, 2.45) is 0 Å². The van der Waals surface area contributed by atoms with E-state index < -0.39 is 178 Å². The normalized spacial score (nSPS) is 27.3. The Hall–Kier alpha value is -6.48. The fourth-order valence-electron chi connectivity index (χ4n) is 9.17. The molecule has 2 aliphatic heterocycles. The Bertz CT molecular complexity index is 2680. The summed E-state index contributed by atoms with van der Waals surface area (Å²) in [5.74, 6) is -7.79. The van der Waals surface area contributed by atoms with Gasteiger partial charge in [0.05, 0.1) is 42.6 Å². The molecule has 2 fully saturated rings. The van der Waals surface area contributed by atoms with E-state index in [0.29, 0.717) is 0 Å². The first-order valence-electron chi connectivity index (χ1n) is 22.2. The summed E-state index contributed by atoms with van der Waals surface area (Å²) < 4.78 is 34.6. The van der Waals surface area contributed by atoms with Crippen LogP contribution in [-0.4, -0.2) is 180 Å². The third-order valence-corrected chi connectivity index (χ3v) is 12.7. The number of amides is 3. The van der Waals surface area contributed by atoms with E-state index in [0.717, 1.165) is 30.0 Å². The minimum atomic E-state index is -2.05. The minimum Gasteiger partial charge on any atom is -0.507 e. The number of carboxylic acid groups (broad SMARTS) is 1. The van der Waals surface area contributed by atoms with Gasteiger partial charge in [-0.05, 0) is 70.4 Å². The van der Waals surface area contributed by atoms with Gasteiger partial charge in [-0.1, -0.05) is 6.07 Å². The molecule has 0 bridgehead atoms. The van der Waals surface area contributed by atoms with Crippen molar-refractivity contribution in [2.75, 3.05) is 27.3 Å². The molecule has 0 saturated carbocycles. The lowest BCUT2D eigenvalue weighted by atomic mass is 9.74. The van der Waals surface area contributed by atoms with Crippen LogP contribution < -0.4 is 15.4 Å². The molecule has 24 heteroatoms. The highest BCUT2D eigenvalue weighted by molar-refractivity contribution is 6.31. The summed E-state index contributed by atoms with van der Waals surface area (Å²) in [5, 5.41) is 106. The predicted molar refractivity (Wildman–Crippen MR) is 239 cm³/mol. The number of alkyl carbamates (subject to hydrolysis) is 1. The molecule has 7 rings (SSSR count). The van der Waals surface area contributed by atoms with Crippen LogP contribution in [0.5, 0.6) is 23.0 Å². The number of rotatable bonds is 11. The molecule has 0 radical (unpaired) electrons. The average Bonchev–Trinajstić information content (AvgIpc) is 3.28. The highest BCUT2D eigenvalue weighted by Gasteiger charge is 2.53. The number of aliphatic hydroxyl groups excluding tert-OH is 5. The number of likely N-dealkylation sites (N-methyl/N-ethyl adjacent to an activating group) is 1. The van der Waals surface area contributed by atoms with Crippen LogP contribution in [0.25, 0.3) is 11.1 Å². The first-order valence-corrected chi connectivity index (χ1v) is 22.2. The number of aliphatic hydroxyl groups is 5. The topological polar surface area (TPSA) is 367 Å². The van der Waals surface area contributed by atoms with Crippen molar-refractivity contribution in [1.29, 1.82) is 0 Å². The fourth-order valence-corrected chi connectivity index (χ4v) is 9.17. The van der Waals surface area contributed by atoms with Crippen LogP contribution >= 0.6 is 0 Å². The van der Waals surface area contributed by atoms with Crippen molar-refractivity contribution in [3.8, 4) is 34.1 Å². The number of carbonyl (C=O) groups is 6. The number of phenols is 3. The quantitative estimate of drug-likeness (QED) is 0.0953. The molecule has 24 nitrogen and oxygen atoms in total. The molecule has 3 aromatic carbocycles. The van der Waals surface area contributed by atoms with Gasteiger partial charge >= 0.3 is 12.1 Å². The first kappa shape index (κ1) is 52.3. The smallest absolute Gasteiger partial charge is 0.408 e. The lowest BCUT2D eigenvalue weighted by Gasteiger charge is -2.49. The van der Waals surface area contributed by atoms with E-state index in [1.54, 1.807) is 20.8 Å². The van der Waals surface area contributed by atoms with Crippen LogP contribution in [0.2, 0.25) is 0 Å². The van der Waals surface area contributed by atoms with E-state index in [4.69, 9.17) is 28.4 Å². The number of ether oxygens (including phenoxy) is 6. The molecule has 2 aliphatic carbocycles. The Morgan fingerprint density at radius 1 is 0.845 bits per heavy atom. The van der Waals surface area contributed by atoms with E-state index in [-0.39, 0.29) is 28.0 Å². The van der Waals surface area contributed by atoms with Crippen LogP contribution in [0, 0.1) is 6.92 Å². The minimum absolute atomic E-state index is 0.0175. The van der Waals surface area contributed by atoms with Gasteiger partial charge in [-0.3, -0.25) is 24.0 Å². The molecular formula is C47H55N3O21. The van der Waals surface area contributed by atoms with Gasteiger partial charge < -0.3 is 89.9 Å². The van der Waals surface area contributed by atoms with E-state index in [2.05, 4.69) is 10.6 Å². The molecule has 3 aromatic rings. The summed E-state index contributed by atoms with van der Waals surface area (Å²) in [4.78, 5) is 81.0. The fraction of sp³-hybridized carbons (Fsp3) is 0.489. The van der Waals surface area contributed by atoms with Gasteiger partial charge in [0.15, 0.2) is 24.1 Å². The molecule has 11 N–H and O–H groups in total. The van der Waals surface area contributed by atoms with E-state index in [9.17, 15) is 74.7 Å². The van der Waals surface area contributed by atoms with E-state index in [1.807, 2.05) is 0 Å². The maximum Gasteiger partial charge on any atom is 0.408 e. The zero-order valence-electron chi connectivity index (χ0n) is 39.5. The molecular weight excluding hydrogens is 943 g/mol. The van der Waals surface area contributed by atoms with Crippen molar-refractivity contribution in [2.45, 2.75) is 121 Å². The van der Waals surface area contributed by atoms with Crippen LogP contribution in [0.1, 0.15) is 106 Å². The van der Waals surface area contributed by atoms with Crippen molar-refractivity contribution in [1.82, 2.24) is 15.5 Å². The Labute approximate surface area is 404 Å². The summed E-state index contributed by atoms with van der Waals surface area (Å²) >= 11 is 0. The Morgan fingerprint density at radius 3 is 2.11 bits per heavy atom. The van der Waals surface area contributed by atoms with Gasteiger partial charge in [0.1, 0.15) is 83.9 Å².